The standard InChI is InChI=1S/C13H8Cl2N2O/c14-8-6-9(15)11-12(10(8)16)18-13(17-11)7-4-2-1-3-5-7/h1-6H,16H2. The summed E-state index contributed by atoms with van der Waals surface area (Å²) < 4.78 is 5.64. The van der Waals surface area contributed by atoms with Gasteiger partial charge in [-0.3, -0.25) is 0 Å². The molecule has 3 rings (SSSR count). The summed E-state index contributed by atoms with van der Waals surface area (Å²) in [5.41, 5.74) is 8.02. The Morgan fingerprint density at radius 2 is 1.78 bits per heavy atom. The molecule has 0 aliphatic heterocycles. The summed E-state index contributed by atoms with van der Waals surface area (Å²) in [5, 5.41) is 0.790. The minimum absolute atomic E-state index is 0.353. The molecular weight excluding hydrogens is 271 g/mol. The predicted molar refractivity (Wildman–Crippen MR) is 73.9 cm³/mol. The van der Waals surface area contributed by atoms with Crippen LogP contribution in [0.3, 0.4) is 0 Å². The van der Waals surface area contributed by atoms with E-state index in [1.807, 2.05) is 30.3 Å². The van der Waals surface area contributed by atoms with E-state index in [4.69, 9.17) is 33.4 Å². The summed E-state index contributed by atoms with van der Waals surface area (Å²) in [5.74, 6) is 0.474. The fraction of sp³-hybridized carbons (Fsp3) is 0. The van der Waals surface area contributed by atoms with Crippen molar-refractivity contribution in [2.24, 2.45) is 0 Å². The lowest BCUT2D eigenvalue weighted by Crippen LogP contribution is -1.87. The minimum Gasteiger partial charge on any atom is -0.434 e. The van der Waals surface area contributed by atoms with E-state index in [0.29, 0.717) is 32.7 Å². The second kappa shape index (κ2) is 4.19. The highest BCUT2D eigenvalue weighted by Crippen LogP contribution is 2.36. The number of oxazole rings is 1. The quantitative estimate of drug-likeness (QED) is 0.672. The maximum absolute atomic E-state index is 6.07. The van der Waals surface area contributed by atoms with Gasteiger partial charge in [-0.15, -0.1) is 0 Å². The van der Waals surface area contributed by atoms with Crippen molar-refractivity contribution in [2.75, 3.05) is 5.73 Å². The van der Waals surface area contributed by atoms with Crippen LogP contribution in [0.1, 0.15) is 0 Å². The maximum atomic E-state index is 6.07. The zero-order valence-corrected chi connectivity index (χ0v) is 10.7. The zero-order valence-electron chi connectivity index (χ0n) is 9.15. The predicted octanol–water partition coefficient (Wildman–Crippen LogP) is 4.38. The van der Waals surface area contributed by atoms with Gasteiger partial charge < -0.3 is 10.2 Å². The van der Waals surface area contributed by atoms with Crippen LogP contribution < -0.4 is 5.73 Å². The summed E-state index contributed by atoms with van der Waals surface area (Å²) in [7, 11) is 0. The molecule has 5 heteroatoms. The molecule has 0 saturated heterocycles. The first-order valence-electron chi connectivity index (χ1n) is 5.26. The van der Waals surface area contributed by atoms with Crippen molar-refractivity contribution in [1.82, 2.24) is 4.98 Å². The molecule has 0 saturated carbocycles. The fourth-order valence-electron chi connectivity index (χ4n) is 1.73. The van der Waals surface area contributed by atoms with E-state index in [-0.39, 0.29) is 0 Å². The molecule has 0 atom stereocenters. The van der Waals surface area contributed by atoms with E-state index in [0.717, 1.165) is 5.56 Å². The summed E-state index contributed by atoms with van der Waals surface area (Å²) in [6.07, 6.45) is 0. The van der Waals surface area contributed by atoms with Gasteiger partial charge in [0.2, 0.25) is 5.89 Å². The molecule has 2 N–H and O–H groups in total. The fourth-order valence-corrected chi connectivity index (χ4v) is 2.22. The molecule has 0 aliphatic rings. The molecule has 3 nitrogen and oxygen atoms in total. The molecular formula is C13H8Cl2N2O. The number of rotatable bonds is 1. The zero-order chi connectivity index (χ0) is 12.7. The molecule has 3 aromatic rings. The Hall–Kier alpha value is -1.71. The van der Waals surface area contributed by atoms with Crippen LogP contribution in [-0.2, 0) is 0 Å². The molecule has 18 heavy (non-hydrogen) atoms. The minimum atomic E-state index is 0.353. The summed E-state index contributed by atoms with van der Waals surface area (Å²) >= 11 is 12.0. The van der Waals surface area contributed by atoms with E-state index >= 15 is 0 Å². The molecule has 0 bridgehead atoms. The monoisotopic (exact) mass is 278 g/mol. The van der Waals surface area contributed by atoms with Crippen molar-refractivity contribution < 1.29 is 4.42 Å². The van der Waals surface area contributed by atoms with E-state index in [1.165, 1.54) is 0 Å². The normalized spacial score (nSPS) is 11.0. The molecule has 90 valence electrons. The maximum Gasteiger partial charge on any atom is 0.227 e. The Balaban J connectivity index is 2.29. The van der Waals surface area contributed by atoms with Crippen molar-refractivity contribution in [3.63, 3.8) is 0 Å². The number of hydrogen-bond acceptors (Lipinski definition) is 3. The third-order valence-electron chi connectivity index (χ3n) is 2.63. The van der Waals surface area contributed by atoms with E-state index in [9.17, 15) is 0 Å². The van der Waals surface area contributed by atoms with Crippen LogP contribution in [0.15, 0.2) is 40.8 Å². The SMILES string of the molecule is Nc1c(Cl)cc(Cl)c2nc(-c3ccccc3)oc12. The van der Waals surface area contributed by atoms with Gasteiger partial charge >= 0.3 is 0 Å². The lowest BCUT2D eigenvalue weighted by Gasteiger charge is -1.98. The van der Waals surface area contributed by atoms with Crippen LogP contribution in [-0.4, -0.2) is 4.98 Å². The average molecular weight is 279 g/mol. The molecule has 0 amide bonds. The summed E-state index contributed by atoms with van der Waals surface area (Å²) in [6, 6.07) is 11.1. The van der Waals surface area contributed by atoms with Gasteiger partial charge in [0.05, 0.1) is 15.7 Å². The Bertz CT molecular complexity index is 723. The van der Waals surface area contributed by atoms with Crippen molar-refractivity contribution in [1.29, 1.82) is 0 Å². The van der Waals surface area contributed by atoms with Gasteiger partial charge in [-0.05, 0) is 18.2 Å². The van der Waals surface area contributed by atoms with Crippen molar-refractivity contribution in [3.05, 3.63) is 46.4 Å². The average Bonchev–Trinajstić information content (AvgIpc) is 2.83. The summed E-state index contributed by atoms with van der Waals surface area (Å²) in [6.45, 7) is 0. The second-order valence-corrected chi connectivity index (χ2v) is 4.63. The lowest BCUT2D eigenvalue weighted by atomic mass is 10.2. The number of anilines is 1. The van der Waals surface area contributed by atoms with Crippen LogP contribution in [0, 0.1) is 0 Å². The highest BCUT2D eigenvalue weighted by molar-refractivity contribution is 6.40. The van der Waals surface area contributed by atoms with Gasteiger partial charge in [0, 0.05) is 5.56 Å². The third-order valence-corrected chi connectivity index (χ3v) is 3.23. The number of hydrogen-bond donors (Lipinski definition) is 1. The molecule has 0 aliphatic carbocycles. The number of nitrogen functional groups attached to an aromatic ring is 1. The van der Waals surface area contributed by atoms with Gasteiger partial charge in [0.25, 0.3) is 0 Å². The Labute approximate surface area is 113 Å². The van der Waals surface area contributed by atoms with E-state index < -0.39 is 0 Å². The smallest absolute Gasteiger partial charge is 0.227 e. The first kappa shape index (κ1) is 11.4. The number of fused-ring (bicyclic) bond motifs is 1. The first-order valence-corrected chi connectivity index (χ1v) is 6.02. The number of nitrogens with two attached hydrogens (primary N) is 1. The van der Waals surface area contributed by atoms with Gasteiger partial charge in [-0.1, -0.05) is 41.4 Å². The number of benzene rings is 2. The Morgan fingerprint density at radius 1 is 1.06 bits per heavy atom. The Kier molecular flexibility index (Phi) is 2.65. The van der Waals surface area contributed by atoms with Crippen molar-refractivity contribution >= 4 is 40.0 Å². The first-order chi connectivity index (χ1) is 8.66. The highest BCUT2D eigenvalue weighted by Gasteiger charge is 2.15. The molecule has 2 aromatic carbocycles. The van der Waals surface area contributed by atoms with Gasteiger partial charge in [0.15, 0.2) is 5.58 Å². The number of aromatic nitrogens is 1. The van der Waals surface area contributed by atoms with Crippen molar-refractivity contribution in [3.8, 4) is 11.5 Å². The van der Waals surface area contributed by atoms with Crippen LogP contribution in [0.4, 0.5) is 5.69 Å². The topological polar surface area (TPSA) is 52.0 Å². The molecule has 0 unspecified atom stereocenters. The molecule has 1 heterocycles. The largest absolute Gasteiger partial charge is 0.434 e. The van der Waals surface area contributed by atoms with Crippen LogP contribution in [0.5, 0.6) is 0 Å². The van der Waals surface area contributed by atoms with E-state index in [2.05, 4.69) is 4.98 Å². The lowest BCUT2D eigenvalue weighted by molar-refractivity contribution is 0.621. The van der Waals surface area contributed by atoms with Gasteiger partial charge in [0.1, 0.15) is 5.52 Å². The Morgan fingerprint density at radius 3 is 2.50 bits per heavy atom. The molecule has 0 radical (unpaired) electrons. The number of halogens is 2. The van der Waals surface area contributed by atoms with Crippen LogP contribution in [0.25, 0.3) is 22.6 Å². The number of nitrogens with zero attached hydrogens (tertiary/aromatic N) is 1. The molecule has 0 spiro atoms. The second-order valence-electron chi connectivity index (χ2n) is 3.82. The van der Waals surface area contributed by atoms with Crippen molar-refractivity contribution in [2.45, 2.75) is 0 Å². The summed E-state index contributed by atoms with van der Waals surface area (Å²) in [4.78, 5) is 4.35. The van der Waals surface area contributed by atoms with Crippen LogP contribution >= 0.6 is 23.2 Å². The molecule has 0 fully saturated rings. The van der Waals surface area contributed by atoms with Gasteiger partial charge in [-0.2, -0.15) is 0 Å². The van der Waals surface area contributed by atoms with Crippen LogP contribution in [0.2, 0.25) is 10.0 Å². The van der Waals surface area contributed by atoms with E-state index in [1.54, 1.807) is 6.07 Å². The molecule has 1 aromatic heterocycles. The van der Waals surface area contributed by atoms with Gasteiger partial charge in [-0.25, -0.2) is 4.98 Å². The highest BCUT2D eigenvalue weighted by atomic mass is 35.5. The third kappa shape index (κ3) is 1.72.